The molecule has 0 aromatic carbocycles. The number of amides is 1. The van der Waals surface area contributed by atoms with Crippen molar-refractivity contribution in [3.8, 4) is 0 Å². The van der Waals surface area contributed by atoms with Crippen LogP contribution >= 0.6 is 0 Å². The van der Waals surface area contributed by atoms with Crippen molar-refractivity contribution < 1.29 is 13.7 Å². The first-order valence-electron chi connectivity index (χ1n) is 6.67. The minimum absolute atomic E-state index is 0.0194. The fourth-order valence-electron chi connectivity index (χ4n) is 2.33. The minimum atomic E-state index is -0.947. The standard InChI is InChI=1S/C13H26N2O3S/c1-6-18-10-7-13(14,12(10,3)4)11(16)15-8-9(2)19(5)17/h9-10H,6-8,14H2,1-5H3,(H,15,16). The van der Waals surface area contributed by atoms with Gasteiger partial charge in [-0.15, -0.1) is 0 Å². The van der Waals surface area contributed by atoms with E-state index in [1.165, 1.54) is 0 Å². The van der Waals surface area contributed by atoms with Gasteiger partial charge in [0.25, 0.3) is 0 Å². The lowest BCUT2D eigenvalue weighted by Gasteiger charge is -2.57. The molecule has 5 nitrogen and oxygen atoms in total. The van der Waals surface area contributed by atoms with Crippen molar-refractivity contribution >= 4 is 16.7 Å². The van der Waals surface area contributed by atoms with E-state index in [2.05, 4.69) is 5.32 Å². The van der Waals surface area contributed by atoms with Gasteiger partial charge in [0.2, 0.25) is 5.91 Å². The highest BCUT2D eigenvalue weighted by Crippen LogP contribution is 2.49. The molecule has 6 heteroatoms. The Morgan fingerprint density at radius 2 is 2.16 bits per heavy atom. The van der Waals surface area contributed by atoms with E-state index in [1.54, 1.807) is 6.26 Å². The summed E-state index contributed by atoms with van der Waals surface area (Å²) in [4.78, 5) is 12.2. The molecule has 0 aromatic rings. The van der Waals surface area contributed by atoms with Crippen LogP contribution in [0.3, 0.4) is 0 Å². The molecule has 3 N–H and O–H groups in total. The second kappa shape index (κ2) is 5.89. The molecule has 0 spiro atoms. The third-order valence-corrected chi connectivity index (χ3v) is 5.65. The highest BCUT2D eigenvalue weighted by molar-refractivity contribution is 7.84. The Morgan fingerprint density at radius 3 is 2.58 bits per heavy atom. The van der Waals surface area contributed by atoms with Gasteiger partial charge in [0, 0.05) is 47.3 Å². The van der Waals surface area contributed by atoms with E-state index in [1.807, 2.05) is 27.7 Å². The molecule has 1 amide bonds. The van der Waals surface area contributed by atoms with E-state index in [4.69, 9.17) is 10.5 Å². The molecule has 1 aliphatic rings. The quantitative estimate of drug-likeness (QED) is 0.742. The monoisotopic (exact) mass is 290 g/mol. The van der Waals surface area contributed by atoms with Gasteiger partial charge in [0.1, 0.15) is 5.54 Å². The largest absolute Gasteiger partial charge is 0.378 e. The molecule has 0 aromatic heterocycles. The maximum Gasteiger partial charge on any atom is 0.240 e. The maximum absolute atomic E-state index is 12.2. The van der Waals surface area contributed by atoms with Crippen LogP contribution in [0.1, 0.15) is 34.1 Å². The molecule has 1 rings (SSSR count). The Balaban J connectivity index is 2.60. The second-order valence-corrected chi connectivity index (χ2v) is 7.66. The molecule has 112 valence electrons. The summed E-state index contributed by atoms with van der Waals surface area (Å²) in [5.74, 6) is -0.175. The lowest BCUT2D eigenvalue weighted by atomic mass is 9.54. The molecule has 1 fully saturated rings. The topological polar surface area (TPSA) is 81.4 Å². The van der Waals surface area contributed by atoms with Crippen molar-refractivity contribution in [2.24, 2.45) is 11.1 Å². The molecule has 19 heavy (non-hydrogen) atoms. The maximum atomic E-state index is 12.2. The number of carbonyl (C=O) groups is 1. The zero-order valence-electron chi connectivity index (χ0n) is 12.5. The molecule has 0 aliphatic heterocycles. The van der Waals surface area contributed by atoms with Crippen molar-refractivity contribution in [2.45, 2.75) is 51.0 Å². The van der Waals surface area contributed by atoms with Gasteiger partial charge in [-0.25, -0.2) is 0 Å². The Hall–Kier alpha value is -0.460. The molecule has 1 aliphatic carbocycles. The summed E-state index contributed by atoms with van der Waals surface area (Å²) in [5.41, 5.74) is 4.95. The molecular formula is C13H26N2O3S. The minimum Gasteiger partial charge on any atom is -0.378 e. The lowest BCUT2D eigenvalue weighted by Crippen LogP contribution is -2.76. The number of rotatable bonds is 6. The molecule has 0 bridgehead atoms. The first-order chi connectivity index (χ1) is 8.66. The van der Waals surface area contributed by atoms with Gasteiger partial charge in [-0.3, -0.25) is 9.00 Å². The van der Waals surface area contributed by atoms with E-state index in [0.29, 0.717) is 19.6 Å². The summed E-state index contributed by atoms with van der Waals surface area (Å²) in [6.45, 7) is 8.70. The summed E-state index contributed by atoms with van der Waals surface area (Å²) < 4.78 is 16.9. The molecule has 0 radical (unpaired) electrons. The SMILES string of the molecule is CCOC1CC(N)(C(=O)NCC(C)S(C)=O)C1(C)C. The van der Waals surface area contributed by atoms with Gasteiger partial charge < -0.3 is 15.8 Å². The predicted octanol–water partition coefficient (Wildman–Crippen LogP) is 0.402. The number of nitrogens with two attached hydrogens (primary N) is 1. The van der Waals surface area contributed by atoms with Gasteiger partial charge in [-0.2, -0.15) is 0 Å². The molecular weight excluding hydrogens is 264 g/mol. The zero-order chi connectivity index (χ0) is 14.8. The van der Waals surface area contributed by atoms with Crippen LogP contribution in [0.4, 0.5) is 0 Å². The first-order valence-corrected chi connectivity index (χ1v) is 8.30. The highest BCUT2D eigenvalue weighted by atomic mass is 32.2. The Labute approximate surface area is 118 Å². The summed E-state index contributed by atoms with van der Waals surface area (Å²) in [7, 11) is -0.947. The van der Waals surface area contributed by atoms with E-state index in [0.717, 1.165) is 0 Å². The van der Waals surface area contributed by atoms with E-state index < -0.39 is 16.3 Å². The van der Waals surface area contributed by atoms with Gasteiger partial charge >= 0.3 is 0 Å². The fraction of sp³-hybridized carbons (Fsp3) is 0.923. The van der Waals surface area contributed by atoms with Crippen molar-refractivity contribution in [1.29, 1.82) is 0 Å². The van der Waals surface area contributed by atoms with Crippen LogP contribution in [0.25, 0.3) is 0 Å². The number of hydrogen-bond donors (Lipinski definition) is 2. The molecule has 4 unspecified atom stereocenters. The third kappa shape index (κ3) is 3.01. The van der Waals surface area contributed by atoms with Crippen LogP contribution in [0, 0.1) is 5.41 Å². The summed E-state index contributed by atoms with van der Waals surface area (Å²) >= 11 is 0. The van der Waals surface area contributed by atoms with Gasteiger partial charge in [0.05, 0.1) is 6.10 Å². The van der Waals surface area contributed by atoms with Crippen LogP contribution < -0.4 is 11.1 Å². The van der Waals surface area contributed by atoms with Crippen molar-refractivity contribution in [3.63, 3.8) is 0 Å². The molecule has 0 saturated heterocycles. The average molecular weight is 290 g/mol. The van der Waals surface area contributed by atoms with Crippen LogP contribution in [0.5, 0.6) is 0 Å². The lowest BCUT2D eigenvalue weighted by molar-refractivity contribution is -0.170. The van der Waals surface area contributed by atoms with Crippen molar-refractivity contribution in [1.82, 2.24) is 5.32 Å². The van der Waals surface area contributed by atoms with Crippen molar-refractivity contribution in [3.05, 3.63) is 0 Å². The first kappa shape index (κ1) is 16.6. The van der Waals surface area contributed by atoms with E-state index >= 15 is 0 Å². The Morgan fingerprint density at radius 1 is 1.58 bits per heavy atom. The average Bonchev–Trinajstić information content (AvgIpc) is 2.34. The number of nitrogens with one attached hydrogen (secondary N) is 1. The van der Waals surface area contributed by atoms with Crippen LogP contribution in [0.15, 0.2) is 0 Å². The number of carbonyl (C=O) groups excluding carboxylic acids is 1. The normalized spacial score (nSPS) is 32.2. The smallest absolute Gasteiger partial charge is 0.240 e. The number of hydrogen-bond acceptors (Lipinski definition) is 4. The van der Waals surface area contributed by atoms with Gasteiger partial charge in [-0.05, 0) is 13.8 Å². The van der Waals surface area contributed by atoms with Crippen molar-refractivity contribution in [2.75, 3.05) is 19.4 Å². The summed E-state index contributed by atoms with van der Waals surface area (Å²) in [6, 6.07) is 0. The van der Waals surface area contributed by atoms with E-state index in [9.17, 15) is 9.00 Å². The van der Waals surface area contributed by atoms with Crippen LogP contribution in [-0.4, -0.2) is 46.4 Å². The molecule has 0 heterocycles. The number of ether oxygens (including phenoxy) is 1. The Kier molecular flexibility index (Phi) is 5.15. The molecule has 4 atom stereocenters. The summed E-state index contributed by atoms with van der Waals surface area (Å²) in [6.07, 6.45) is 2.18. The zero-order valence-corrected chi connectivity index (χ0v) is 13.3. The van der Waals surface area contributed by atoms with Crippen LogP contribution in [0.2, 0.25) is 0 Å². The summed E-state index contributed by atoms with van der Waals surface area (Å²) in [5, 5.41) is 2.74. The highest BCUT2D eigenvalue weighted by Gasteiger charge is 2.62. The predicted molar refractivity (Wildman–Crippen MR) is 77.3 cm³/mol. The van der Waals surface area contributed by atoms with E-state index in [-0.39, 0.29) is 22.7 Å². The third-order valence-electron chi connectivity index (χ3n) is 4.35. The van der Waals surface area contributed by atoms with Crippen LogP contribution in [-0.2, 0) is 20.3 Å². The molecule has 1 saturated carbocycles. The second-order valence-electron chi connectivity index (χ2n) is 5.86. The van der Waals surface area contributed by atoms with Gasteiger partial charge in [-0.1, -0.05) is 13.8 Å². The van der Waals surface area contributed by atoms with Gasteiger partial charge in [0.15, 0.2) is 0 Å². The Bertz CT molecular complexity index is 373. The fourth-order valence-corrected chi connectivity index (χ4v) is 2.65.